The van der Waals surface area contributed by atoms with E-state index in [0.29, 0.717) is 18.9 Å². The highest BCUT2D eigenvalue weighted by Crippen LogP contribution is 2.21. The molecule has 0 aliphatic heterocycles. The summed E-state index contributed by atoms with van der Waals surface area (Å²) in [5.41, 5.74) is 4.07. The average Bonchev–Trinajstić information content (AvgIpc) is 3.08. The van der Waals surface area contributed by atoms with E-state index < -0.39 is 5.97 Å². The van der Waals surface area contributed by atoms with Crippen LogP contribution in [-0.4, -0.2) is 32.6 Å². The third-order valence-electron chi connectivity index (χ3n) is 4.42. The van der Waals surface area contributed by atoms with Crippen molar-refractivity contribution < 1.29 is 9.90 Å². The van der Waals surface area contributed by atoms with Gasteiger partial charge in [0.25, 0.3) is 0 Å². The molecule has 3 aromatic rings. The number of carbonyl (C=O) groups is 1. The molecular formula is C20H22N4O2. The Labute approximate surface area is 152 Å². The van der Waals surface area contributed by atoms with Crippen molar-refractivity contribution in [3.8, 4) is 5.69 Å². The lowest BCUT2D eigenvalue weighted by Gasteiger charge is -2.20. The van der Waals surface area contributed by atoms with E-state index in [1.54, 1.807) is 0 Å². The van der Waals surface area contributed by atoms with Gasteiger partial charge in [-0.1, -0.05) is 36.4 Å². The van der Waals surface area contributed by atoms with Gasteiger partial charge < -0.3 is 10.0 Å². The quantitative estimate of drug-likeness (QED) is 0.735. The number of carboxylic acid groups (broad SMARTS) is 1. The standard InChI is InChI=1S/C20H22N4O2/c1-4-23(13-16-8-6-5-7-9-16)19-18(20(25)26)21-24(22-19)17-11-10-14(2)15(3)12-17/h5-12H,4,13H2,1-3H3,(H,25,26). The summed E-state index contributed by atoms with van der Waals surface area (Å²) in [6, 6.07) is 15.7. The van der Waals surface area contributed by atoms with E-state index in [4.69, 9.17) is 0 Å². The SMILES string of the molecule is CCN(Cc1ccccc1)c1nn(-c2ccc(C)c(C)c2)nc1C(=O)O. The first-order valence-corrected chi connectivity index (χ1v) is 8.56. The largest absolute Gasteiger partial charge is 0.476 e. The predicted molar refractivity (Wildman–Crippen MR) is 101 cm³/mol. The Morgan fingerprint density at radius 3 is 2.42 bits per heavy atom. The molecule has 0 spiro atoms. The summed E-state index contributed by atoms with van der Waals surface area (Å²) < 4.78 is 0. The number of benzene rings is 2. The highest BCUT2D eigenvalue weighted by Gasteiger charge is 2.23. The monoisotopic (exact) mass is 350 g/mol. The van der Waals surface area contributed by atoms with Crippen LogP contribution in [0.25, 0.3) is 5.69 Å². The fraction of sp³-hybridized carbons (Fsp3) is 0.250. The fourth-order valence-corrected chi connectivity index (χ4v) is 2.76. The van der Waals surface area contributed by atoms with Crippen molar-refractivity contribution in [2.45, 2.75) is 27.3 Å². The minimum Gasteiger partial charge on any atom is -0.476 e. The van der Waals surface area contributed by atoms with Crippen molar-refractivity contribution >= 4 is 11.8 Å². The van der Waals surface area contributed by atoms with Gasteiger partial charge >= 0.3 is 5.97 Å². The minimum absolute atomic E-state index is 0.0407. The molecule has 26 heavy (non-hydrogen) atoms. The Morgan fingerprint density at radius 2 is 1.81 bits per heavy atom. The molecule has 0 unspecified atom stereocenters. The molecule has 0 aliphatic rings. The normalized spacial score (nSPS) is 10.7. The van der Waals surface area contributed by atoms with Gasteiger partial charge in [0.2, 0.25) is 5.69 Å². The number of aryl methyl sites for hydroxylation is 2. The Bertz CT molecular complexity index is 919. The van der Waals surface area contributed by atoms with Gasteiger partial charge in [0, 0.05) is 13.1 Å². The van der Waals surface area contributed by atoms with Gasteiger partial charge in [-0.25, -0.2) is 4.79 Å². The maximum atomic E-state index is 11.7. The van der Waals surface area contributed by atoms with E-state index in [1.807, 2.05) is 74.2 Å². The summed E-state index contributed by atoms with van der Waals surface area (Å²) in [7, 11) is 0. The second-order valence-electron chi connectivity index (χ2n) is 6.24. The van der Waals surface area contributed by atoms with Crippen LogP contribution in [0.5, 0.6) is 0 Å². The van der Waals surface area contributed by atoms with Crippen LogP contribution in [0.1, 0.15) is 34.1 Å². The van der Waals surface area contributed by atoms with Crippen molar-refractivity contribution in [3.05, 3.63) is 70.9 Å². The summed E-state index contributed by atoms with van der Waals surface area (Å²) >= 11 is 0. The molecule has 1 N–H and O–H groups in total. The summed E-state index contributed by atoms with van der Waals surface area (Å²) in [4.78, 5) is 15.0. The number of aromatic carboxylic acids is 1. The number of hydrogen-bond acceptors (Lipinski definition) is 4. The Hall–Kier alpha value is -3.15. The Kier molecular flexibility index (Phi) is 5.02. The van der Waals surface area contributed by atoms with Gasteiger partial charge in [-0.05, 0) is 49.6 Å². The van der Waals surface area contributed by atoms with Gasteiger partial charge in [-0.2, -0.15) is 0 Å². The molecule has 1 aromatic heterocycles. The summed E-state index contributed by atoms with van der Waals surface area (Å²) in [5.74, 6) is -0.705. The van der Waals surface area contributed by atoms with E-state index in [-0.39, 0.29) is 5.69 Å². The van der Waals surface area contributed by atoms with Crippen LogP contribution in [-0.2, 0) is 6.54 Å². The van der Waals surface area contributed by atoms with Crippen molar-refractivity contribution in [3.63, 3.8) is 0 Å². The van der Waals surface area contributed by atoms with Crippen LogP contribution in [0.3, 0.4) is 0 Å². The van der Waals surface area contributed by atoms with Gasteiger partial charge in [0.15, 0.2) is 5.82 Å². The molecule has 0 atom stereocenters. The molecule has 0 saturated carbocycles. The Balaban J connectivity index is 2.01. The zero-order chi connectivity index (χ0) is 18.7. The van der Waals surface area contributed by atoms with Crippen molar-refractivity contribution in [1.82, 2.24) is 15.0 Å². The van der Waals surface area contributed by atoms with Crippen LogP contribution in [0, 0.1) is 13.8 Å². The van der Waals surface area contributed by atoms with Crippen LogP contribution in [0.4, 0.5) is 5.82 Å². The number of rotatable bonds is 6. The zero-order valence-electron chi connectivity index (χ0n) is 15.2. The molecule has 0 radical (unpaired) electrons. The first kappa shape index (κ1) is 17.7. The highest BCUT2D eigenvalue weighted by atomic mass is 16.4. The predicted octanol–water partition coefficient (Wildman–Crippen LogP) is 3.61. The molecule has 2 aromatic carbocycles. The van der Waals surface area contributed by atoms with Crippen molar-refractivity contribution in [2.24, 2.45) is 0 Å². The smallest absolute Gasteiger partial charge is 0.360 e. The lowest BCUT2D eigenvalue weighted by Crippen LogP contribution is -2.24. The fourth-order valence-electron chi connectivity index (χ4n) is 2.76. The summed E-state index contributed by atoms with van der Waals surface area (Å²) in [5, 5.41) is 18.3. The lowest BCUT2D eigenvalue weighted by atomic mass is 10.1. The topological polar surface area (TPSA) is 71.2 Å². The molecular weight excluding hydrogens is 328 g/mol. The molecule has 0 saturated heterocycles. The number of aromatic nitrogens is 3. The van der Waals surface area contributed by atoms with E-state index in [2.05, 4.69) is 10.2 Å². The van der Waals surface area contributed by atoms with Gasteiger partial charge in [-0.15, -0.1) is 15.0 Å². The van der Waals surface area contributed by atoms with Crippen molar-refractivity contribution in [1.29, 1.82) is 0 Å². The second kappa shape index (κ2) is 7.39. The molecule has 6 nitrogen and oxygen atoms in total. The first-order valence-electron chi connectivity index (χ1n) is 8.56. The molecule has 0 aliphatic carbocycles. The molecule has 134 valence electrons. The summed E-state index contributed by atoms with van der Waals surface area (Å²) in [6.45, 7) is 7.21. The summed E-state index contributed by atoms with van der Waals surface area (Å²) in [6.07, 6.45) is 0. The average molecular weight is 350 g/mol. The highest BCUT2D eigenvalue weighted by molar-refractivity contribution is 5.91. The maximum Gasteiger partial charge on any atom is 0.360 e. The molecule has 0 bridgehead atoms. The number of anilines is 1. The first-order chi connectivity index (χ1) is 12.5. The third-order valence-corrected chi connectivity index (χ3v) is 4.42. The molecule has 3 rings (SSSR count). The molecule has 0 fully saturated rings. The van der Waals surface area contributed by atoms with Crippen LogP contribution >= 0.6 is 0 Å². The molecule has 6 heteroatoms. The van der Waals surface area contributed by atoms with Gasteiger partial charge in [-0.3, -0.25) is 0 Å². The zero-order valence-corrected chi connectivity index (χ0v) is 15.2. The van der Waals surface area contributed by atoms with Crippen molar-refractivity contribution in [2.75, 3.05) is 11.4 Å². The van der Waals surface area contributed by atoms with Crippen LogP contribution < -0.4 is 4.90 Å². The molecule has 1 heterocycles. The molecule has 0 amide bonds. The minimum atomic E-state index is -1.08. The number of nitrogens with zero attached hydrogens (tertiary/aromatic N) is 4. The number of hydrogen-bond donors (Lipinski definition) is 1. The third kappa shape index (κ3) is 3.59. The van der Waals surface area contributed by atoms with Crippen LogP contribution in [0.2, 0.25) is 0 Å². The van der Waals surface area contributed by atoms with Crippen LogP contribution in [0.15, 0.2) is 48.5 Å². The van der Waals surface area contributed by atoms with E-state index in [0.717, 1.165) is 16.8 Å². The van der Waals surface area contributed by atoms with E-state index in [1.165, 1.54) is 10.4 Å². The van der Waals surface area contributed by atoms with E-state index in [9.17, 15) is 9.90 Å². The maximum absolute atomic E-state index is 11.7. The van der Waals surface area contributed by atoms with Gasteiger partial charge in [0.05, 0.1) is 5.69 Å². The second-order valence-corrected chi connectivity index (χ2v) is 6.24. The number of carboxylic acids is 1. The lowest BCUT2D eigenvalue weighted by molar-refractivity contribution is 0.0690. The van der Waals surface area contributed by atoms with E-state index >= 15 is 0 Å². The Morgan fingerprint density at radius 1 is 1.08 bits per heavy atom. The van der Waals surface area contributed by atoms with Gasteiger partial charge in [0.1, 0.15) is 0 Å².